The van der Waals surface area contributed by atoms with Crippen molar-refractivity contribution < 1.29 is 9.53 Å². The van der Waals surface area contributed by atoms with Crippen LogP contribution in [0.25, 0.3) is 0 Å². The Bertz CT molecular complexity index is 233. The monoisotopic (exact) mass is 213 g/mol. The summed E-state index contributed by atoms with van der Waals surface area (Å²) in [5.74, 6) is 0. The van der Waals surface area contributed by atoms with Crippen molar-refractivity contribution in [3.05, 3.63) is 12.7 Å². The fourth-order valence-corrected chi connectivity index (χ4v) is 1.06. The zero-order valence-corrected chi connectivity index (χ0v) is 10.7. The summed E-state index contributed by atoms with van der Waals surface area (Å²) in [6.07, 6.45) is 1.33. The first-order valence-electron chi connectivity index (χ1n) is 5.18. The zero-order valence-electron chi connectivity index (χ0n) is 10.7. The van der Waals surface area contributed by atoms with Crippen molar-refractivity contribution in [3.63, 3.8) is 0 Å². The second kappa shape index (κ2) is 4.69. The van der Waals surface area contributed by atoms with Crippen LogP contribution >= 0.6 is 0 Å². The molecule has 0 rings (SSSR count). The maximum Gasteiger partial charge on any atom is 0.408 e. The van der Waals surface area contributed by atoms with E-state index in [1.807, 2.05) is 41.5 Å². The van der Waals surface area contributed by atoms with E-state index in [9.17, 15) is 4.79 Å². The SMILES string of the molecule is C=CC(NC(=O)OC(C)(C)C)C(C)(C)C. The summed E-state index contributed by atoms with van der Waals surface area (Å²) in [7, 11) is 0. The van der Waals surface area contributed by atoms with E-state index in [1.54, 1.807) is 6.08 Å². The molecule has 1 unspecified atom stereocenters. The first-order chi connectivity index (χ1) is 6.56. The lowest BCUT2D eigenvalue weighted by molar-refractivity contribution is 0.0484. The normalized spacial score (nSPS) is 14.3. The van der Waals surface area contributed by atoms with Gasteiger partial charge in [0.25, 0.3) is 0 Å². The number of hydrogen-bond donors (Lipinski definition) is 1. The molecule has 0 aliphatic rings. The van der Waals surface area contributed by atoms with Crippen LogP contribution in [0.5, 0.6) is 0 Å². The molecule has 15 heavy (non-hydrogen) atoms. The van der Waals surface area contributed by atoms with E-state index < -0.39 is 11.7 Å². The van der Waals surface area contributed by atoms with Crippen LogP contribution in [0.2, 0.25) is 0 Å². The molecule has 0 aliphatic carbocycles. The van der Waals surface area contributed by atoms with Crippen LogP contribution in [0.1, 0.15) is 41.5 Å². The third kappa shape index (κ3) is 6.15. The van der Waals surface area contributed by atoms with Crippen molar-refractivity contribution >= 4 is 6.09 Å². The number of carbonyl (C=O) groups is 1. The van der Waals surface area contributed by atoms with Gasteiger partial charge >= 0.3 is 6.09 Å². The van der Waals surface area contributed by atoms with Gasteiger partial charge in [-0.25, -0.2) is 4.79 Å². The van der Waals surface area contributed by atoms with Gasteiger partial charge in [-0.3, -0.25) is 0 Å². The lowest BCUT2D eigenvalue weighted by atomic mass is 9.87. The Labute approximate surface area is 92.9 Å². The second-order valence-corrected chi connectivity index (χ2v) is 5.73. The van der Waals surface area contributed by atoms with Crippen molar-refractivity contribution in [2.24, 2.45) is 5.41 Å². The van der Waals surface area contributed by atoms with E-state index in [0.29, 0.717) is 0 Å². The highest BCUT2D eigenvalue weighted by Crippen LogP contribution is 2.20. The number of carbonyl (C=O) groups excluding carboxylic acids is 1. The van der Waals surface area contributed by atoms with Crippen molar-refractivity contribution in [2.75, 3.05) is 0 Å². The molecule has 0 radical (unpaired) electrons. The van der Waals surface area contributed by atoms with Crippen LogP contribution in [-0.4, -0.2) is 17.7 Å². The molecule has 0 saturated carbocycles. The quantitative estimate of drug-likeness (QED) is 0.716. The molecule has 0 aliphatic heterocycles. The van der Waals surface area contributed by atoms with E-state index in [1.165, 1.54) is 0 Å². The molecule has 1 amide bonds. The Morgan fingerprint density at radius 3 is 2.00 bits per heavy atom. The summed E-state index contributed by atoms with van der Waals surface area (Å²) in [5, 5.41) is 2.78. The van der Waals surface area contributed by atoms with Crippen LogP contribution in [0, 0.1) is 5.41 Å². The van der Waals surface area contributed by atoms with Gasteiger partial charge in [-0.15, -0.1) is 6.58 Å². The molecule has 1 atom stereocenters. The minimum Gasteiger partial charge on any atom is -0.444 e. The van der Waals surface area contributed by atoms with Crippen LogP contribution < -0.4 is 5.32 Å². The fourth-order valence-electron chi connectivity index (χ4n) is 1.06. The lowest BCUT2D eigenvalue weighted by Crippen LogP contribution is -2.44. The number of alkyl carbamates (subject to hydrolysis) is 1. The standard InChI is InChI=1S/C12H23NO2/c1-8-9(11(2,3)4)13-10(14)15-12(5,6)7/h8-9H,1H2,2-7H3,(H,13,14). The van der Waals surface area contributed by atoms with Gasteiger partial charge in [0.2, 0.25) is 0 Å². The van der Waals surface area contributed by atoms with E-state index >= 15 is 0 Å². The highest BCUT2D eigenvalue weighted by molar-refractivity contribution is 5.68. The second-order valence-electron chi connectivity index (χ2n) is 5.73. The molecule has 3 heteroatoms. The Morgan fingerprint density at radius 1 is 1.27 bits per heavy atom. The Morgan fingerprint density at radius 2 is 1.73 bits per heavy atom. The minimum atomic E-state index is -0.465. The fraction of sp³-hybridized carbons (Fsp3) is 0.750. The Hall–Kier alpha value is -0.990. The summed E-state index contributed by atoms with van der Waals surface area (Å²) in [5.41, 5.74) is -0.521. The van der Waals surface area contributed by atoms with E-state index in [2.05, 4.69) is 11.9 Å². The van der Waals surface area contributed by atoms with Crippen molar-refractivity contribution in [1.29, 1.82) is 0 Å². The van der Waals surface area contributed by atoms with Gasteiger partial charge in [0, 0.05) is 0 Å². The highest BCUT2D eigenvalue weighted by Gasteiger charge is 2.25. The summed E-state index contributed by atoms with van der Waals surface area (Å²) < 4.78 is 5.17. The Balaban J connectivity index is 4.33. The zero-order chi connectivity index (χ0) is 12.3. The van der Waals surface area contributed by atoms with Gasteiger partial charge in [0.1, 0.15) is 5.60 Å². The maximum absolute atomic E-state index is 11.5. The predicted molar refractivity (Wildman–Crippen MR) is 62.8 cm³/mol. The van der Waals surface area contributed by atoms with Crippen LogP contribution in [0.15, 0.2) is 12.7 Å². The van der Waals surface area contributed by atoms with Crippen LogP contribution in [0.3, 0.4) is 0 Å². The molecule has 0 bridgehead atoms. The topological polar surface area (TPSA) is 38.3 Å². The number of nitrogens with one attached hydrogen (secondary N) is 1. The number of ether oxygens (including phenoxy) is 1. The molecular formula is C12H23NO2. The predicted octanol–water partition coefficient (Wildman–Crippen LogP) is 3.11. The van der Waals surface area contributed by atoms with Crippen molar-refractivity contribution in [2.45, 2.75) is 53.2 Å². The molecule has 0 saturated heterocycles. The van der Waals surface area contributed by atoms with E-state index in [4.69, 9.17) is 4.74 Å². The number of rotatable bonds is 2. The molecule has 3 nitrogen and oxygen atoms in total. The van der Waals surface area contributed by atoms with Gasteiger partial charge in [0.15, 0.2) is 0 Å². The molecule has 0 fully saturated rings. The average Bonchev–Trinajstić information content (AvgIpc) is 1.94. The summed E-state index contributed by atoms with van der Waals surface area (Å²) >= 11 is 0. The van der Waals surface area contributed by atoms with E-state index in [0.717, 1.165) is 0 Å². The van der Waals surface area contributed by atoms with Gasteiger partial charge < -0.3 is 10.1 Å². The Kier molecular flexibility index (Phi) is 4.38. The van der Waals surface area contributed by atoms with Crippen molar-refractivity contribution in [3.8, 4) is 0 Å². The molecule has 0 aromatic heterocycles. The molecule has 88 valence electrons. The largest absolute Gasteiger partial charge is 0.444 e. The lowest BCUT2D eigenvalue weighted by Gasteiger charge is -2.30. The molecule has 0 heterocycles. The third-order valence-corrected chi connectivity index (χ3v) is 1.84. The van der Waals surface area contributed by atoms with E-state index in [-0.39, 0.29) is 11.5 Å². The summed E-state index contributed by atoms with van der Waals surface area (Å²) in [4.78, 5) is 11.5. The van der Waals surface area contributed by atoms with Crippen LogP contribution in [0.4, 0.5) is 4.79 Å². The average molecular weight is 213 g/mol. The first-order valence-corrected chi connectivity index (χ1v) is 5.18. The van der Waals surface area contributed by atoms with Crippen molar-refractivity contribution in [1.82, 2.24) is 5.32 Å². The molecule has 1 N–H and O–H groups in total. The summed E-state index contributed by atoms with van der Waals surface area (Å²) in [6, 6.07) is -0.0904. The number of amides is 1. The van der Waals surface area contributed by atoms with Crippen LogP contribution in [-0.2, 0) is 4.74 Å². The van der Waals surface area contributed by atoms with Gasteiger partial charge in [-0.1, -0.05) is 26.8 Å². The van der Waals surface area contributed by atoms with Gasteiger partial charge in [-0.05, 0) is 26.2 Å². The molecule has 0 aromatic rings. The number of hydrogen-bond acceptors (Lipinski definition) is 2. The minimum absolute atomic E-state index is 0.0569. The molecule has 0 aromatic carbocycles. The first kappa shape index (κ1) is 14.0. The highest BCUT2D eigenvalue weighted by atomic mass is 16.6. The smallest absolute Gasteiger partial charge is 0.408 e. The maximum atomic E-state index is 11.5. The molecule has 0 spiro atoms. The van der Waals surface area contributed by atoms with Gasteiger partial charge in [-0.2, -0.15) is 0 Å². The third-order valence-electron chi connectivity index (χ3n) is 1.84. The van der Waals surface area contributed by atoms with Gasteiger partial charge in [0.05, 0.1) is 6.04 Å². The summed E-state index contributed by atoms with van der Waals surface area (Å²) in [6.45, 7) is 15.3. The molecular weight excluding hydrogens is 190 g/mol.